The normalized spacial score (nSPS) is 20.7. The second kappa shape index (κ2) is 7.20. The Bertz CT molecular complexity index is 1020. The molecule has 2 N–H and O–H groups in total. The Labute approximate surface area is 166 Å². The Morgan fingerprint density at radius 2 is 2.03 bits per heavy atom. The van der Waals surface area contributed by atoms with Crippen molar-refractivity contribution in [1.82, 2.24) is 0 Å². The molecule has 2 heterocycles. The molecule has 4 rings (SSSR count). The third kappa shape index (κ3) is 3.65. The number of benzene rings is 2. The van der Waals surface area contributed by atoms with Crippen molar-refractivity contribution in [3.63, 3.8) is 0 Å². The average Bonchev–Trinajstić information content (AvgIpc) is 3.07. The number of nitrogens with one attached hydrogen (secondary N) is 2. The van der Waals surface area contributed by atoms with E-state index in [1.807, 2.05) is 0 Å². The predicted octanol–water partition coefficient (Wildman–Crippen LogP) is 2.85. The van der Waals surface area contributed by atoms with Crippen LogP contribution >= 0.6 is 0 Å². The van der Waals surface area contributed by atoms with E-state index in [9.17, 15) is 18.8 Å². The van der Waals surface area contributed by atoms with Gasteiger partial charge in [0.05, 0.1) is 11.6 Å². The lowest BCUT2D eigenvalue weighted by atomic mass is 10.1. The number of aryl methyl sites for hydroxylation is 1. The molecule has 1 saturated heterocycles. The molecule has 1 fully saturated rings. The molecule has 2 aromatic rings. The summed E-state index contributed by atoms with van der Waals surface area (Å²) < 4.78 is 19.3. The minimum atomic E-state index is -0.579. The summed E-state index contributed by atoms with van der Waals surface area (Å²) in [5.74, 6) is -1.23. The number of nitrogens with zero attached hydrogens (tertiary/aromatic N) is 1. The summed E-state index contributed by atoms with van der Waals surface area (Å²) in [5.41, 5.74) is 1.90. The highest BCUT2D eigenvalue weighted by Gasteiger charge is 2.35. The second-order valence-corrected chi connectivity index (χ2v) is 7.29. The summed E-state index contributed by atoms with van der Waals surface area (Å²) in [4.78, 5) is 38.2. The van der Waals surface area contributed by atoms with Crippen LogP contribution in [0.5, 0.6) is 5.75 Å². The van der Waals surface area contributed by atoms with Crippen LogP contribution in [0.15, 0.2) is 36.4 Å². The minimum absolute atomic E-state index is 0.0453. The Balaban J connectivity index is 1.45. The minimum Gasteiger partial charge on any atom is -0.479 e. The second-order valence-electron chi connectivity index (χ2n) is 7.29. The molecule has 7 nitrogen and oxygen atoms in total. The molecule has 2 aliphatic rings. The number of fused-ring (bicyclic) bond motifs is 1. The molecule has 0 radical (unpaired) electrons. The molecule has 3 amide bonds. The zero-order valence-corrected chi connectivity index (χ0v) is 16.0. The average molecular weight is 397 g/mol. The van der Waals surface area contributed by atoms with Crippen LogP contribution in [0.25, 0.3) is 0 Å². The van der Waals surface area contributed by atoms with Gasteiger partial charge < -0.3 is 20.3 Å². The molecule has 0 unspecified atom stereocenters. The number of hydrogen-bond donors (Lipinski definition) is 2. The van der Waals surface area contributed by atoms with Crippen molar-refractivity contribution < 1.29 is 23.5 Å². The Kier molecular flexibility index (Phi) is 4.70. The van der Waals surface area contributed by atoms with Crippen LogP contribution in [0.3, 0.4) is 0 Å². The fourth-order valence-electron chi connectivity index (χ4n) is 3.41. The first kappa shape index (κ1) is 18.9. The molecule has 0 spiro atoms. The highest BCUT2D eigenvalue weighted by molar-refractivity contribution is 6.04. The summed E-state index contributed by atoms with van der Waals surface area (Å²) in [5, 5.41) is 5.50. The number of carbonyl (C=O) groups excluding carboxylic acids is 3. The van der Waals surface area contributed by atoms with Crippen molar-refractivity contribution >= 4 is 34.8 Å². The first-order valence-electron chi connectivity index (χ1n) is 9.31. The maximum atomic E-state index is 13.8. The Morgan fingerprint density at radius 3 is 2.79 bits per heavy atom. The lowest BCUT2D eigenvalue weighted by Crippen LogP contribution is -2.34. The Hall–Kier alpha value is -3.42. The monoisotopic (exact) mass is 397 g/mol. The van der Waals surface area contributed by atoms with Crippen LogP contribution < -0.4 is 20.3 Å². The predicted molar refractivity (Wildman–Crippen MR) is 105 cm³/mol. The number of amides is 3. The van der Waals surface area contributed by atoms with Crippen molar-refractivity contribution in [2.75, 3.05) is 22.1 Å². The smallest absolute Gasteiger partial charge is 0.265 e. The number of halogens is 1. The Morgan fingerprint density at radius 1 is 1.24 bits per heavy atom. The molecule has 0 saturated carbocycles. The van der Waals surface area contributed by atoms with E-state index in [-0.39, 0.29) is 30.7 Å². The highest BCUT2D eigenvalue weighted by atomic mass is 19.1. The van der Waals surface area contributed by atoms with Crippen LogP contribution in [-0.4, -0.2) is 30.4 Å². The summed E-state index contributed by atoms with van der Waals surface area (Å²) >= 11 is 0. The van der Waals surface area contributed by atoms with Gasteiger partial charge in [-0.1, -0.05) is 6.07 Å². The van der Waals surface area contributed by atoms with E-state index >= 15 is 0 Å². The van der Waals surface area contributed by atoms with E-state index in [1.165, 1.54) is 11.0 Å². The zero-order chi connectivity index (χ0) is 20.7. The lowest BCUT2D eigenvalue weighted by Gasteiger charge is -2.24. The number of carbonyl (C=O) groups is 3. The first-order valence-corrected chi connectivity index (χ1v) is 9.31. The maximum absolute atomic E-state index is 13.8. The van der Waals surface area contributed by atoms with Crippen molar-refractivity contribution in [3.05, 3.63) is 47.8 Å². The van der Waals surface area contributed by atoms with Crippen LogP contribution in [0, 0.1) is 18.7 Å². The van der Waals surface area contributed by atoms with Gasteiger partial charge in [-0.05, 0) is 49.7 Å². The van der Waals surface area contributed by atoms with Gasteiger partial charge >= 0.3 is 0 Å². The van der Waals surface area contributed by atoms with E-state index < -0.39 is 17.8 Å². The highest BCUT2D eigenvalue weighted by Crippen LogP contribution is 2.33. The van der Waals surface area contributed by atoms with E-state index in [0.717, 1.165) is 0 Å². The van der Waals surface area contributed by atoms with E-state index in [0.29, 0.717) is 28.4 Å². The van der Waals surface area contributed by atoms with Crippen molar-refractivity contribution in [1.29, 1.82) is 0 Å². The van der Waals surface area contributed by atoms with Gasteiger partial charge in [-0.15, -0.1) is 0 Å². The van der Waals surface area contributed by atoms with Crippen LogP contribution in [-0.2, 0) is 14.4 Å². The lowest BCUT2D eigenvalue weighted by molar-refractivity contribution is -0.122. The van der Waals surface area contributed by atoms with E-state index in [2.05, 4.69) is 10.6 Å². The first-order chi connectivity index (χ1) is 13.8. The fraction of sp³-hybridized carbons (Fsp3) is 0.286. The third-order valence-electron chi connectivity index (χ3n) is 5.14. The third-order valence-corrected chi connectivity index (χ3v) is 5.14. The maximum Gasteiger partial charge on any atom is 0.265 e. The number of anilines is 3. The molecular weight excluding hydrogens is 377 g/mol. The van der Waals surface area contributed by atoms with Gasteiger partial charge in [0.2, 0.25) is 11.8 Å². The van der Waals surface area contributed by atoms with Crippen molar-refractivity contribution in [2.45, 2.75) is 26.4 Å². The van der Waals surface area contributed by atoms with Gasteiger partial charge in [0.1, 0.15) is 11.6 Å². The molecule has 2 aromatic carbocycles. The van der Waals surface area contributed by atoms with Gasteiger partial charge in [0.25, 0.3) is 5.91 Å². The largest absolute Gasteiger partial charge is 0.479 e. The van der Waals surface area contributed by atoms with Gasteiger partial charge in [0.15, 0.2) is 6.10 Å². The summed E-state index contributed by atoms with van der Waals surface area (Å²) in [6.07, 6.45) is -0.533. The molecule has 0 aromatic heterocycles. The van der Waals surface area contributed by atoms with Crippen LogP contribution in [0.2, 0.25) is 0 Å². The van der Waals surface area contributed by atoms with Crippen molar-refractivity contribution in [2.24, 2.45) is 5.92 Å². The topological polar surface area (TPSA) is 87.7 Å². The molecule has 0 aliphatic carbocycles. The number of ether oxygens (including phenoxy) is 1. The summed E-state index contributed by atoms with van der Waals surface area (Å²) in [6, 6.07) is 9.54. The zero-order valence-electron chi connectivity index (χ0n) is 16.0. The van der Waals surface area contributed by atoms with Gasteiger partial charge in [-0.2, -0.15) is 0 Å². The van der Waals surface area contributed by atoms with Crippen LogP contribution in [0.1, 0.15) is 18.9 Å². The fourth-order valence-corrected chi connectivity index (χ4v) is 3.41. The number of rotatable bonds is 3. The van der Waals surface area contributed by atoms with Crippen molar-refractivity contribution in [3.8, 4) is 5.75 Å². The van der Waals surface area contributed by atoms with E-state index in [4.69, 9.17) is 4.74 Å². The molecule has 2 aliphatic heterocycles. The number of hydrogen-bond acceptors (Lipinski definition) is 4. The molecule has 0 bridgehead atoms. The molecule has 29 heavy (non-hydrogen) atoms. The quantitative estimate of drug-likeness (QED) is 0.834. The van der Waals surface area contributed by atoms with Gasteiger partial charge in [0, 0.05) is 24.3 Å². The van der Waals surface area contributed by atoms with Gasteiger partial charge in [-0.3, -0.25) is 14.4 Å². The standard InChI is InChI=1S/C21H20FN3O4/c1-11-3-5-15(9-16(11)22)25-10-13(7-19(25)26)21(28)23-14-4-6-18-17(8-14)24-20(27)12(2)29-18/h3-6,8-9,12-13H,7,10H2,1-2H3,(H,23,28)(H,24,27)/t12-,13-/m1/s1. The van der Waals surface area contributed by atoms with E-state index in [1.54, 1.807) is 44.2 Å². The molecule has 8 heteroatoms. The van der Waals surface area contributed by atoms with Gasteiger partial charge in [-0.25, -0.2) is 4.39 Å². The summed E-state index contributed by atoms with van der Waals surface area (Å²) in [7, 11) is 0. The van der Waals surface area contributed by atoms with Crippen LogP contribution in [0.4, 0.5) is 21.5 Å². The molecule has 2 atom stereocenters. The summed E-state index contributed by atoms with van der Waals surface area (Å²) in [6.45, 7) is 3.47. The SMILES string of the molecule is Cc1ccc(N2C[C@H](C(=O)Nc3ccc4c(c3)NC(=O)[C@@H](C)O4)CC2=O)cc1F. The molecular formula is C21H20FN3O4. The molecule has 150 valence electrons.